The van der Waals surface area contributed by atoms with Crippen LogP contribution >= 0.6 is 0 Å². The fourth-order valence-electron chi connectivity index (χ4n) is 0.102. The molecule has 5 heteroatoms. The van der Waals surface area contributed by atoms with Crippen molar-refractivity contribution in [2.24, 2.45) is 0 Å². The van der Waals surface area contributed by atoms with Crippen LogP contribution in [0.4, 0.5) is 4.79 Å². The Morgan fingerprint density at radius 1 is 0.941 bits per heavy atom. The summed E-state index contributed by atoms with van der Waals surface area (Å²) in [5.74, 6) is -0.245. The molecule has 0 saturated heterocycles. The molecule has 17 heavy (non-hydrogen) atoms. The van der Waals surface area contributed by atoms with Crippen molar-refractivity contribution in [3.8, 4) is 0 Å². The summed E-state index contributed by atoms with van der Waals surface area (Å²) in [6, 6.07) is 0. The van der Waals surface area contributed by atoms with Gasteiger partial charge >= 0.3 is 12.1 Å². The minimum Gasteiger partial charge on any atom is -0.469 e. The minimum atomic E-state index is -0.407. The number of hydrogen-bond donors (Lipinski definition) is 1. The molecule has 0 aromatic rings. The topological polar surface area (TPSA) is 64.6 Å². The van der Waals surface area contributed by atoms with Crippen molar-refractivity contribution in [2.45, 2.75) is 47.5 Å². The molecule has 0 rings (SSSR count). The van der Waals surface area contributed by atoms with Crippen LogP contribution in [0.15, 0.2) is 0 Å². The number of carbonyl (C=O) groups is 2. The zero-order valence-electron chi connectivity index (χ0n) is 12.5. The number of nitrogens with one attached hydrogen (secondary N) is 1. The molecule has 0 bridgehead atoms. The molecule has 0 unspecified atom stereocenters. The molecule has 0 saturated carbocycles. The third-order valence-corrected chi connectivity index (χ3v) is 0.677. The molecule has 5 nitrogen and oxygen atoms in total. The second-order valence-corrected chi connectivity index (χ2v) is 2.85. The Balaban J connectivity index is -0.0000000698. The van der Waals surface area contributed by atoms with Crippen LogP contribution in [0.2, 0.25) is 0 Å². The van der Waals surface area contributed by atoms with E-state index in [4.69, 9.17) is 0 Å². The molecule has 0 radical (unpaired) electrons. The predicted octanol–water partition coefficient (Wildman–Crippen LogP) is 2.98. The van der Waals surface area contributed by atoms with Crippen LogP contribution in [0.3, 0.4) is 0 Å². The number of carbonyl (C=O) groups excluding carboxylic acids is 2. The standard InChI is InChI=1S/C3H7NO2.C3H6O2.2C3H8/c1-4-3(5)6-2;1-3(4)5-2;2*1-3-2/h1-2H3,(H,4,5);1-2H3;2*3H2,1-2H3. The van der Waals surface area contributed by atoms with E-state index in [-0.39, 0.29) is 5.97 Å². The Morgan fingerprint density at radius 3 is 1.18 bits per heavy atom. The molecule has 106 valence electrons. The van der Waals surface area contributed by atoms with Crippen molar-refractivity contribution in [1.29, 1.82) is 0 Å². The smallest absolute Gasteiger partial charge is 0.406 e. The summed E-state index contributed by atoms with van der Waals surface area (Å²) in [5.41, 5.74) is 0. The monoisotopic (exact) mass is 251 g/mol. The summed E-state index contributed by atoms with van der Waals surface area (Å²) >= 11 is 0. The molecule has 0 aliphatic heterocycles. The van der Waals surface area contributed by atoms with Gasteiger partial charge in [0.1, 0.15) is 0 Å². The lowest BCUT2D eigenvalue weighted by Gasteiger charge is -1.90. The third kappa shape index (κ3) is 106. The van der Waals surface area contributed by atoms with Gasteiger partial charge in [0.05, 0.1) is 14.2 Å². The van der Waals surface area contributed by atoms with Gasteiger partial charge in [0.25, 0.3) is 0 Å². The maximum atomic E-state index is 9.85. The summed E-state index contributed by atoms with van der Waals surface area (Å²) in [6.45, 7) is 9.86. The summed E-state index contributed by atoms with van der Waals surface area (Å²) in [7, 11) is 4.17. The second kappa shape index (κ2) is 29.3. The van der Waals surface area contributed by atoms with Crippen LogP contribution in [-0.4, -0.2) is 33.3 Å². The van der Waals surface area contributed by atoms with Crippen molar-refractivity contribution in [2.75, 3.05) is 21.3 Å². The quantitative estimate of drug-likeness (QED) is 0.672. The molecular weight excluding hydrogens is 222 g/mol. The van der Waals surface area contributed by atoms with Crippen LogP contribution in [0.5, 0.6) is 0 Å². The first kappa shape index (κ1) is 24.8. The maximum Gasteiger partial charge on any atom is 0.406 e. The Labute approximate surface area is 106 Å². The van der Waals surface area contributed by atoms with E-state index in [1.165, 1.54) is 41.0 Å². The average molecular weight is 251 g/mol. The maximum absolute atomic E-state index is 9.85. The van der Waals surface area contributed by atoms with E-state index >= 15 is 0 Å². The number of ether oxygens (including phenoxy) is 2. The molecule has 0 aromatic heterocycles. The van der Waals surface area contributed by atoms with Gasteiger partial charge in [-0.3, -0.25) is 4.79 Å². The zero-order chi connectivity index (χ0) is 14.7. The van der Waals surface area contributed by atoms with E-state index in [0.717, 1.165) is 0 Å². The van der Waals surface area contributed by atoms with Gasteiger partial charge in [-0.2, -0.15) is 0 Å². The first-order valence-electron chi connectivity index (χ1n) is 5.71. The highest BCUT2D eigenvalue weighted by Gasteiger charge is 1.85. The van der Waals surface area contributed by atoms with Crippen LogP contribution in [0, 0.1) is 0 Å². The van der Waals surface area contributed by atoms with Crippen molar-refractivity contribution in [1.82, 2.24) is 5.32 Å². The van der Waals surface area contributed by atoms with E-state index in [1.807, 2.05) is 0 Å². The van der Waals surface area contributed by atoms with E-state index in [2.05, 4.69) is 42.5 Å². The molecule has 1 amide bonds. The SMILES string of the molecule is CCC.CCC.CNC(=O)OC.COC(C)=O. The van der Waals surface area contributed by atoms with E-state index in [1.54, 1.807) is 0 Å². The third-order valence-electron chi connectivity index (χ3n) is 0.677. The first-order valence-corrected chi connectivity index (χ1v) is 5.71. The van der Waals surface area contributed by atoms with Crippen LogP contribution in [0.25, 0.3) is 0 Å². The summed E-state index contributed by atoms with van der Waals surface area (Å²) < 4.78 is 8.26. The molecule has 0 spiro atoms. The molecule has 0 aromatic carbocycles. The minimum absolute atomic E-state index is 0.245. The second-order valence-electron chi connectivity index (χ2n) is 2.85. The molecule has 0 fully saturated rings. The van der Waals surface area contributed by atoms with Gasteiger partial charge in [0, 0.05) is 14.0 Å². The molecule has 0 aliphatic carbocycles. The lowest BCUT2D eigenvalue weighted by atomic mass is 10.6. The van der Waals surface area contributed by atoms with Crippen LogP contribution < -0.4 is 5.32 Å². The van der Waals surface area contributed by atoms with Crippen molar-refractivity contribution in [3.63, 3.8) is 0 Å². The van der Waals surface area contributed by atoms with E-state index < -0.39 is 6.09 Å². The Morgan fingerprint density at radius 2 is 1.18 bits per heavy atom. The first-order chi connectivity index (χ1) is 7.91. The largest absolute Gasteiger partial charge is 0.469 e. The lowest BCUT2D eigenvalue weighted by Crippen LogP contribution is -2.16. The lowest BCUT2D eigenvalue weighted by molar-refractivity contribution is -0.137. The van der Waals surface area contributed by atoms with Gasteiger partial charge in [-0.05, 0) is 0 Å². The van der Waals surface area contributed by atoms with Gasteiger partial charge in [-0.25, -0.2) is 4.79 Å². The van der Waals surface area contributed by atoms with Crippen LogP contribution in [-0.2, 0) is 14.3 Å². The van der Waals surface area contributed by atoms with E-state index in [9.17, 15) is 9.59 Å². The van der Waals surface area contributed by atoms with Gasteiger partial charge < -0.3 is 14.8 Å². The highest BCUT2D eigenvalue weighted by molar-refractivity contribution is 5.66. The molecule has 0 atom stereocenters. The fourth-order valence-corrected chi connectivity index (χ4v) is 0.102. The Kier molecular flexibility index (Phi) is 42.8. The highest BCUT2D eigenvalue weighted by atomic mass is 16.5. The van der Waals surface area contributed by atoms with Crippen molar-refractivity contribution in [3.05, 3.63) is 0 Å². The number of esters is 1. The Hall–Kier alpha value is -1.26. The predicted molar refractivity (Wildman–Crippen MR) is 71.1 cm³/mol. The van der Waals surface area contributed by atoms with E-state index in [0.29, 0.717) is 0 Å². The number of alkyl carbamates (subject to hydrolysis) is 1. The molecular formula is C12H29NO4. The molecule has 1 N–H and O–H groups in total. The van der Waals surface area contributed by atoms with Gasteiger partial charge in [-0.1, -0.05) is 40.5 Å². The van der Waals surface area contributed by atoms with Crippen molar-refractivity contribution < 1.29 is 19.1 Å². The van der Waals surface area contributed by atoms with Crippen molar-refractivity contribution >= 4 is 12.1 Å². The van der Waals surface area contributed by atoms with Gasteiger partial charge in [-0.15, -0.1) is 0 Å². The Bertz CT molecular complexity index is 141. The number of hydrogen-bond acceptors (Lipinski definition) is 4. The number of rotatable bonds is 0. The van der Waals surface area contributed by atoms with Gasteiger partial charge in [0.15, 0.2) is 0 Å². The highest BCUT2D eigenvalue weighted by Crippen LogP contribution is 1.62. The summed E-state index contributed by atoms with van der Waals surface area (Å²) in [6.07, 6.45) is 2.09. The summed E-state index contributed by atoms with van der Waals surface area (Å²) in [5, 5.41) is 2.25. The zero-order valence-corrected chi connectivity index (χ0v) is 12.5. The normalized spacial score (nSPS) is 6.59. The number of methoxy groups -OCH3 is 2. The molecule has 0 heterocycles. The molecule has 0 aliphatic rings. The fraction of sp³-hybridized carbons (Fsp3) is 0.833. The van der Waals surface area contributed by atoms with Crippen LogP contribution in [0.1, 0.15) is 47.5 Å². The summed E-state index contributed by atoms with van der Waals surface area (Å²) in [4.78, 5) is 19.4. The van der Waals surface area contributed by atoms with Gasteiger partial charge in [0.2, 0.25) is 0 Å². The number of amides is 1. The average Bonchev–Trinajstić information content (AvgIpc) is 2.30.